The molecule has 1 aromatic carbocycles. The second kappa shape index (κ2) is 8.59. The molecular weight excluding hydrogens is 384 g/mol. The Balaban J connectivity index is 1.60. The van der Waals surface area contributed by atoms with Crippen molar-refractivity contribution < 1.29 is 17.9 Å². The maximum atomic E-state index is 12.4. The maximum Gasteiger partial charge on any atom is 0.255 e. The number of nitrogens with zero attached hydrogens (tertiary/aromatic N) is 4. The van der Waals surface area contributed by atoms with Crippen molar-refractivity contribution in [2.24, 2.45) is 5.73 Å². The number of benzene rings is 1. The van der Waals surface area contributed by atoms with Gasteiger partial charge < -0.3 is 15.0 Å². The lowest BCUT2D eigenvalue weighted by molar-refractivity contribution is -0.119. The van der Waals surface area contributed by atoms with Gasteiger partial charge in [0.05, 0.1) is 11.1 Å². The molecule has 146 valence electrons. The summed E-state index contributed by atoms with van der Waals surface area (Å²) in [6, 6.07) is 5.70. The number of imidazole rings is 1. The first-order valence-electron chi connectivity index (χ1n) is 8.24. The van der Waals surface area contributed by atoms with Gasteiger partial charge in [0.25, 0.3) is 5.91 Å². The fraction of sp³-hybridized carbons (Fsp3) is 0.176. The number of sulfonamides is 1. The number of nitrogens with one attached hydrogen (secondary N) is 1. The van der Waals surface area contributed by atoms with E-state index in [1.54, 1.807) is 35.6 Å². The molecule has 3 rings (SSSR count). The zero-order valence-electron chi connectivity index (χ0n) is 14.7. The summed E-state index contributed by atoms with van der Waals surface area (Å²) in [5.41, 5.74) is 5.60. The number of amides is 1. The van der Waals surface area contributed by atoms with E-state index in [4.69, 9.17) is 10.5 Å². The standard InChI is InChI=1S/C17H18N6O4S/c18-16(24)12-27-13-1-3-14(4-2-13)28(25,26)22-8-10-23-9-7-21-17(23)15-11-19-5-6-20-15/h1-7,9,11,22H,8,10,12H2,(H2,18,24). The molecule has 2 heterocycles. The molecular formula is C17H18N6O4S. The lowest BCUT2D eigenvalue weighted by Gasteiger charge is -2.10. The summed E-state index contributed by atoms with van der Waals surface area (Å²) in [6.07, 6.45) is 8.07. The first-order chi connectivity index (χ1) is 13.5. The van der Waals surface area contributed by atoms with Crippen molar-refractivity contribution in [3.63, 3.8) is 0 Å². The van der Waals surface area contributed by atoms with Crippen LogP contribution in [-0.2, 0) is 21.4 Å². The molecule has 0 saturated heterocycles. The smallest absolute Gasteiger partial charge is 0.255 e. The molecule has 28 heavy (non-hydrogen) atoms. The molecule has 1 amide bonds. The monoisotopic (exact) mass is 402 g/mol. The average molecular weight is 402 g/mol. The summed E-state index contributed by atoms with van der Waals surface area (Å²) in [5.74, 6) is 0.340. The molecule has 11 heteroatoms. The quantitative estimate of drug-likeness (QED) is 0.520. The molecule has 0 aliphatic carbocycles. The Bertz CT molecular complexity index is 1040. The van der Waals surface area contributed by atoms with Crippen LogP contribution in [0.2, 0.25) is 0 Å². The number of ether oxygens (including phenoxy) is 1. The molecule has 2 aromatic heterocycles. The fourth-order valence-corrected chi connectivity index (χ4v) is 3.41. The number of primary amides is 1. The lowest BCUT2D eigenvalue weighted by atomic mass is 10.3. The molecule has 0 aliphatic heterocycles. The predicted octanol–water partition coefficient (Wildman–Crippen LogP) is 0.183. The SMILES string of the molecule is NC(=O)COc1ccc(S(=O)(=O)NCCn2ccnc2-c2cnccn2)cc1. The second-order valence-electron chi connectivity index (χ2n) is 5.66. The summed E-state index contributed by atoms with van der Waals surface area (Å²) < 4.78 is 34.3. The van der Waals surface area contributed by atoms with Crippen LogP contribution in [0, 0.1) is 0 Å². The van der Waals surface area contributed by atoms with E-state index < -0.39 is 15.9 Å². The highest BCUT2D eigenvalue weighted by Gasteiger charge is 2.14. The highest BCUT2D eigenvalue weighted by atomic mass is 32.2. The van der Waals surface area contributed by atoms with Crippen LogP contribution >= 0.6 is 0 Å². The van der Waals surface area contributed by atoms with E-state index in [9.17, 15) is 13.2 Å². The number of carbonyl (C=O) groups excluding carboxylic acids is 1. The zero-order chi connectivity index (χ0) is 20.0. The van der Waals surface area contributed by atoms with Crippen molar-refractivity contribution >= 4 is 15.9 Å². The van der Waals surface area contributed by atoms with Crippen molar-refractivity contribution in [2.45, 2.75) is 11.4 Å². The summed E-state index contributed by atoms with van der Waals surface area (Å²) in [4.78, 5) is 23.2. The minimum atomic E-state index is -3.70. The molecule has 0 saturated carbocycles. The second-order valence-corrected chi connectivity index (χ2v) is 7.43. The summed E-state index contributed by atoms with van der Waals surface area (Å²) in [7, 11) is -3.70. The minimum absolute atomic E-state index is 0.0821. The van der Waals surface area contributed by atoms with E-state index >= 15 is 0 Å². The number of carbonyl (C=O) groups is 1. The first kappa shape index (κ1) is 19.5. The van der Waals surface area contributed by atoms with Gasteiger partial charge in [-0.1, -0.05) is 0 Å². The van der Waals surface area contributed by atoms with Gasteiger partial charge in [0, 0.05) is 37.9 Å². The highest BCUT2D eigenvalue weighted by molar-refractivity contribution is 7.89. The zero-order valence-corrected chi connectivity index (χ0v) is 15.5. The number of rotatable bonds is 9. The number of hydrogen-bond acceptors (Lipinski definition) is 7. The van der Waals surface area contributed by atoms with Gasteiger partial charge in [0.2, 0.25) is 10.0 Å². The Morgan fingerprint density at radius 3 is 2.61 bits per heavy atom. The molecule has 0 atom stereocenters. The van der Waals surface area contributed by atoms with E-state index in [0.717, 1.165) is 0 Å². The summed E-state index contributed by atoms with van der Waals surface area (Å²) in [6.45, 7) is 0.250. The van der Waals surface area contributed by atoms with Crippen molar-refractivity contribution in [3.05, 3.63) is 55.2 Å². The Hall–Kier alpha value is -3.31. The molecule has 0 aliphatic rings. The number of nitrogens with two attached hydrogens (primary N) is 1. The van der Waals surface area contributed by atoms with Crippen LogP contribution in [0.3, 0.4) is 0 Å². The van der Waals surface area contributed by atoms with E-state index in [1.165, 1.54) is 24.3 Å². The van der Waals surface area contributed by atoms with Crippen LogP contribution in [0.4, 0.5) is 0 Å². The van der Waals surface area contributed by atoms with E-state index in [1.807, 2.05) is 0 Å². The highest BCUT2D eigenvalue weighted by Crippen LogP contribution is 2.16. The average Bonchev–Trinajstić information content (AvgIpc) is 3.16. The molecule has 0 radical (unpaired) electrons. The first-order valence-corrected chi connectivity index (χ1v) is 9.72. The van der Waals surface area contributed by atoms with Crippen molar-refractivity contribution in [3.8, 4) is 17.3 Å². The Morgan fingerprint density at radius 2 is 1.93 bits per heavy atom. The maximum absolute atomic E-state index is 12.4. The third-order valence-electron chi connectivity index (χ3n) is 3.67. The molecule has 10 nitrogen and oxygen atoms in total. The van der Waals surface area contributed by atoms with Gasteiger partial charge in [-0.05, 0) is 24.3 Å². The van der Waals surface area contributed by atoms with Gasteiger partial charge in [-0.15, -0.1) is 0 Å². The molecule has 0 unspecified atom stereocenters. The van der Waals surface area contributed by atoms with Crippen molar-refractivity contribution in [2.75, 3.05) is 13.2 Å². The van der Waals surface area contributed by atoms with Crippen LogP contribution in [0.15, 0.2) is 60.1 Å². The topological polar surface area (TPSA) is 142 Å². The van der Waals surface area contributed by atoms with Gasteiger partial charge in [0.1, 0.15) is 11.4 Å². The number of hydrogen-bond donors (Lipinski definition) is 2. The van der Waals surface area contributed by atoms with Gasteiger partial charge in [-0.2, -0.15) is 0 Å². The minimum Gasteiger partial charge on any atom is -0.484 e. The molecule has 0 spiro atoms. The molecule has 3 aromatic rings. The van der Waals surface area contributed by atoms with Crippen LogP contribution < -0.4 is 15.2 Å². The molecule has 0 bridgehead atoms. The third kappa shape index (κ3) is 4.90. The Labute approximate surface area is 161 Å². The van der Waals surface area contributed by atoms with Crippen molar-refractivity contribution in [1.29, 1.82) is 0 Å². The lowest BCUT2D eigenvalue weighted by Crippen LogP contribution is -2.27. The largest absolute Gasteiger partial charge is 0.484 e. The van der Waals surface area contributed by atoms with Crippen LogP contribution in [0.5, 0.6) is 5.75 Å². The Morgan fingerprint density at radius 1 is 1.14 bits per heavy atom. The fourth-order valence-electron chi connectivity index (χ4n) is 2.39. The number of aromatic nitrogens is 4. The Kier molecular flexibility index (Phi) is 5.96. The van der Waals surface area contributed by atoms with Gasteiger partial charge in [-0.3, -0.25) is 9.78 Å². The van der Waals surface area contributed by atoms with E-state index in [-0.39, 0.29) is 18.0 Å². The summed E-state index contributed by atoms with van der Waals surface area (Å²) >= 11 is 0. The van der Waals surface area contributed by atoms with E-state index in [0.29, 0.717) is 23.8 Å². The molecule has 3 N–H and O–H groups in total. The van der Waals surface area contributed by atoms with Gasteiger partial charge >= 0.3 is 0 Å². The van der Waals surface area contributed by atoms with Crippen LogP contribution in [0.1, 0.15) is 0 Å². The molecule has 0 fully saturated rings. The van der Waals surface area contributed by atoms with Crippen LogP contribution in [-0.4, -0.2) is 47.0 Å². The van der Waals surface area contributed by atoms with Gasteiger partial charge in [-0.25, -0.2) is 23.1 Å². The van der Waals surface area contributed by atoms with Gasteiger partial charge in [0.15, 0.2) is 12.4 Å². The summed E-state index contributed by atoms with van der Waals surface area (Å²) in [5, 5.41) is 0. The third-order valence-corrected chi connectivity index (χ3v) is 5.14. The predicted molar refractivity (Wildman–Crippen MR) is 99.6 cm³/mol. The van der Waals surface area contributed by atoms with Crippen LogP contribution in [0.25, 0.3) is 11.5 Å². The van der Waals surface area contributed by atoms with E-state index in [2.05, 4.69) is 19.7 Å². The normalized spacial score (nSPS) is 11.3. The van der Waals surface area contributed by atoms with Crippen molar-refractivity contribution in [1.82, 2.24) is 24.2 Å².